The first-order valence-corrected chi connectivity index (χ1v) is 6.25. The Morgan fingerprint density at radius 3 is 2.53 bits per heavy atom. The molecule has 5 heteroatoms. The molecular formula is C14H22N2O3. The summed E-state index contributed by atoms with van der Waals surface area (Å²) in [6, 6.07) is 7.34. The monoisotopic (exact) mass is 266 g/mol. The van der Waals surface area contributed by atoms with Crippen LogP contribution in [0.4, 0.5) is 0 Å². The lowest BCUT2D eigenvalue weighted by molar-refractivity contribution is -0.123. The van der Waals surface area contributed by atoms with Crippen molar-refractivity contribution in [2.75, 3.05) is 20.3 Å². The normalized spacial score (nSPS) is 10.9. The molecular weight excluding hydrogens is 244 g/mol. The lowest BCUT2D eigenvalue weighted by Gasteiger charge is -2.24. The van der Waals surface area contributed by atoms with Crippen molar-refractivity contribution in [1.29, 1.82) is 0 Å². The van der Waals surface area contributed by atoms with Crippen molar-refractivity contribution in [3.05, 3.63) is 24.3 Å². The summed E-state index contributed by atoms with van der Waals surface area (Å²) < 4.78 is 10.7. The van der Waals surface area contributed by atoms with Gasteiger partial charge in [-0.1, -0.05) is 12.1 Å². The third-order valence-electron chi connectivity index (χ3n) is 2.64. The molecule has 0 spiro atoms. The number of hydrogen-bond acceptors (Lipinski definition) is 4. The molecule has 0 aliphatic heterocycles. The molecule has 3 N–H and O–H groups in total. The van der Waals surface area contributed by atoms with Crippen LogP contribution in [0.3, 0.4) is 0 Å². The Hall–Kier alpha value is -1.75. The molecule has 0 unspecified atom stereocenters. The lowest BCUT2D eigenvalue weighted by atomic mass is 10.1. The third-order valence-corrected chi connectivity index (χ3v) is 2.64. The molecule has 19 heavy (non-hydrogen) atoms. The van der Waals surface area contributed by atoms with Gasteiger partial charge in [-0.2, -0.15) is 0 Å². The van der Waals surface area contributed by atoms with Gasteiger partial charge in [-0.15, -0.1) is 0 Å². The fourth-order valence-corrected chi connectivity index (χ4v) is 1.48. The fraction of sp³-hybridized carbons (Fsp3) is 0.500. The van der Waals surface area contributed by atoms with Gasteiger partial charge in [0, 0.05) is 12.1 Å². The number of nitrogens with one attached hydrogen (secondary N) is 1. The zero-order chi connectivity index (χ0) is 14.3. The zero-order valence-corrected chi connectivity index (χ0v) is 11.7. The summed E-state index contributed by atoms with van der Waals surface area (Å²) in [5.74, 6) is 1.21. The van der Waals surface area contributed by atoms with E-state index in [-0.39, 0.29) is 17.9 Å². The van der Waals surface area contributed by atoms with Crippen LogP contribution in [0, 0.1) is 0 Å². The Labute approximate surface area is 114 Å². The predicted octanol–water partition coefficient (Wildman–Crippen LogP) is 1.32. The number of methoxy groups -OCH3 is 1. The summed E-state index contributed by atoms with van der Waals surface area (Å²) in [5.41, 5.74) is 5.16. The van der Waals surface area contributed by atoms with Crippen LogP contribution in [-0.2, 0) is 4.79 Å². The van der Waals surface area contributed by atoms with Crippen LogP contribution in [0.1, 0.15) is 20.3 Å². The Bertz CT molecular complexity index is 419. The standard InChI is InChI=1S/C14H22N2O3/c1-14(2,10-15)16-13(17)8-9-19-12-7-5-4-6-11(12)18-3/h4-7H,8-10,15H2,1-3H3,(H,16,17). The third kappa shape index (κ3) is 5.18. The van der Waals surface area contributed by atoms with Crippen LogP contribution in [0.2, 0.25) is 0 Å². The summed E-state index contributed by atoms with van der Waals surface area (Å²) in [5, 5.41) is 2.85. The molecule has 106 valence electrons. The molecule has 5 nitrogen and oxygen atoms in total. The van der Waals surface area contributed by atoms with Gasteiger partial charge in [-0.05, 0) is 26.0 Å². The zero-order valence-electron chi connectivity index (χ0n) is 11.7. The van der Waals surface area contributed by atoms with Gasteiger partial charge < -0.3 is 20.5 Å². The molecule has 0 atom stereocenters. The van der Waals surface area contributed by atoms with Crippen molar-refractivity contribution in [3.8, 4) is 11.5 Å². The van der Waals surface area contributed by atoms with E-state index in [1.54, 1.807) is 13.2 Å². The highest BCUT2D eigenvalue weighted by molar-refractivity contribution is 5.76. The smallest absolute Gasteiger partial charge is 0.223 e. The molecule has 1 rings (SSSR count). The van der Waals surface area contributed by atoms with Crippen molar-refractivity contribution in [2.24, 2.45) is 5.73 Å². The SMILES string of the molecule is COc1ccccc1OCCC(=O)NC(C)(C)CN. The van der Waals surface area contributed by atoms with E-state index in [4.69, 9.17) is 15.2 Å². The average Bonchev–Trinajstić information content (AvgIpc) is 2.38. The highest BCUT2D eigenvalue weighted by Gasteiger charge is 2.17. The molecule has 0 bridgehead atoms. The summed E-state index contributed by atoms with van der Waals surface area (Å²) in [6.45, 7) is 4.46. The van der Waals surface area contributed by atoms with E-state index in [1.807, 2.05) is 32.0 Å². The second kappa shape index (κ2) is 6.99. The first-order valence-electron chi connectivity index (χ1n) is 6.25. The Morgan fingerprint density at radius 2 is 1.95 bits per heavy atom. The van der Waals surface area contributed by atoms with Crippen molar-refractivity contribution in [1.82, 2.24) is 5.32 Å². The molecule has 1 aromatic rings. The van der Waals surface area contributed by atoms with Gasteiger partial charge in [0.25, 0.3) is 0 Å². The van der Waals surface area contributed by atoms with Gasteiger partial charge in [0.1, 0.15) is 0 Å². The van der Waals surface area contributed by atoms with Crippen LogP contribution < -0.4 is 20.5 Å². The van der Waals surface area contributed by atoms with E-state index in [0.29, 0.717) is 24.7 Å². The number of amides is 1. The Morgan fingerprint density at radius 1 is 1.32 bits per heavy atom. The number of hydrogen-bond donors (Lipinski definition) is 2. The van der Waals surface area contributed by atoms with Crippen LogP contribution in [0.5, 0.6) is 11.5 Å². The summed E-state index contributed by atoms with van der Waals surface area (Å²) in [6.07, 6.45) is 0.279. The van der Waals surface area contributed by atoms with Gasteiger partial charge in [-0.3, -0.25) is 4.79 Å². The minimum atomic E-state index is -0.387. The van der Waals surface area contributed by atoms with Gasteiger partial charge in [0.2, 0.25) is 5.91 Å². The molecule has 0 radical (unpaired) electrons. The first-order chi connectivity index (χ1) is 8.98. The maximum atomic E-state index is 11.7. The maximum absolute atomic E-state index is 11.7. The predicted molar refractivity (Wildman–Crippen MR) is 74.4 cm³/mol. The molecule has 0 fully saturated rings. The number of ether oxygens (including phenoxy) is 2. The van der Waals surface area contributed by atoms with E-state index >= 15 is 0 Å². The van der Waals surface area contributed by atoms with Crippen LogP contribution >= 0.6 is 0 Å². The van der Waals surface area contributed by atoms with Crippen molar-refractivity contribution in [3.63, 3.8) is 0 Å². The van der Waals surface area contributed by atoms with Crippen molar-refractivity contribution in [2.45, 2.75) is 25.8 Å². The second-order valence-corrected chi connectivity index (χ2v) is 4.89. The molecule has 0 aromatic heterocycles. The number of carbonyl (C=O) groups excluding carboxylic acids is 1. The highest BCUT2D eigenvalue weighted by atomic mass is 16.5. The highest BCUT2D eigenvalue weighted by Crippen LogP contribution is 2.25. The van der Waals surface area contributed by atoms with Gasteiger partial charge in [0.15, 0.2) is 11.5 Å². The minimum Gasteiger partial charge on any atom is -0.493 e. The van der Waals surface area contributed by atoms with E-state index in [9.17, 15) is 4.79 Å². The number of rotatable bonds is 7. The van der Waals surface area contributed by atoms with Crippen molar-refractivity contribution < 1.29 is 14.3 Å². The minimum absolute atomic E-state index is 0.0784. The molecule has 0 saturated carbocycles. The van der Waals surface area contributed by atoms with Gasteiger partial charge in [-0.25, -0.2) is 0 Å². The fourth-order valence-electron chi connectivity index (χ4n) is 1.48. The van der Waals surface area contributed by atoms with Crippen LogP contribution in [0.25, 0.3) is 0 Å². The van der Waals surface area contributed by atoms with Gasteiger partial charge >= 0.3 is 0 Å². The molecule has 0 aliphatic carbocycles. The molecule has 1 aromatic carbocycles. The summed E-state index contributed by atoms with van der Waals surface area (Å²) in [4.78, 5) is 11.7. The number of carbonyl (C=O) groups is 1. The number of benzene rings is 1. The lowest BCUT2D eigenvalue weighted by Crippen LogP contribution is -2.49. The molecule has 1 amide bonds. The second-order valence-electron chi connectivity index (χ2n) is 4.89. The van der Waals surface area contributed by atoms with Crippen molar-refractivity contribution >= 4 is 5.91 Å². The number of nitrogens with two attached hydrogens (primary N) is 1. The molecule has 0 heterocycles. The first kappa shape index (κ1) is 15.3. The van der Waals surface area contributed by atoms with Gasteiger partial charge in [0.05, 0.1) is 20.1 Å². The van der Waals surface area contributed by atoms with E-state index in [0.717, 1.165) is 0 Å². The van der Waals surface area contributed by atoms with E-state index in [2.05, 4.69) is 5.32 Å². The Balaban J connectivity index is 2.40. The topological polar surface area (TPSA) is 73.6 Å². The average molecular weight is 266 g/mol. The summed E-state index contributed by atoms with van der Waals surface area (Å²) in [7, 11) is 1.58. The van der Waals surface area contributed by atoms with Crippen LogP contribution in [0.15, 0.2) is 24.3 Å². The maximum Gasteiger partial charge on any atom is 0.223 e. The molecule has 0 aliphatic rings. The van der Waals surface area contributed by atoms with E-state index < -0.39 is 0 Å². The van der Waals surface area contributed by atoms with Crippen LogP contribution in [-0.4, -0.2) is 31.7 Å². The number of para-hydroxylation sites is 2. The largest absolute Gasteiger partial charge is 0.493 e. The Kier molecular flexibility index (Phi) is 5.63. The quantitative estimate of drug-likeness (QED) is 0.780. The summed E-state index contributed by atoms with van der Waals surface area (Å²) >= 11 is 0. The van der Waals surface area contributed by atoms with E-state index in [1.165, 1.54) is 0 Å². The molecule has 0 saturated heterocycles.